The van der Waals surface area contributed by atoms with Crippen LogP contribution in [0.4, 0.5) is 0 Å². The van der Waals surface area contributed by atoms with Gasteiger partial charge in [-0.1, -0.05) is 121 Å². The van der Waals surface area contributed by atoms with E-state index in [1.54, 1.807) is 18.2 Å². The standard InChI is InChI=1S/C61H35N7/c62-36-39-23-25-59(52(30-39)46-28-40(37-63)27-41(29-46)38-64)68-58-22-12-9-19-51(58)53-34-44(24-26-60(53)68)45-31-47(33-48(32-45)67-56-20-10-7-17-49(56)50-18-8-11-21-57(50)67)61-65-54(42-13-3-1-4-14-42)35-55(66-61)43-15-5-2-6-16-43/h1-35H. The molecular weight excluding hydrogens is 831 g/mol. The van der Waals surface area contributed by atoms with Gasteiger partial charge in [-0.3, -0.25) is 0 Å². The normalized spacial score (nSPS) is 11.2. The van der Waals surface area contributed by atoms with Gasteiger partial charge in [-0.05, 0) is 108 Å². The van der Waals surface area contributed by atoms with Crippen molar-refractivity contribution in [3.63, 3.8) is 0 Å². The molecule has 7 heteroatoms. The predicted molar refractivity (Wildman–Crippen MR) is 272 cm³/mol. The molecule has 0 bridgehead atoms. The van der Waals surface area contributed by atoms with Crippen molar-refractivity contribution in [1.82, 2.24) is 19.1 Å². The zero-order valence-electron chi connectivity index (χ0n) is 36.3. The monoisotopic (exact) mass is 865 g/mol. The molecular formula is C61H35N7. The Hall–Kier alpha value is -9.87. The molecule has 314 valence electrons. The van der Waals surface area contributed by atoms with E-state index in [1.807, 2.05) is 60.7 Å². The van der Waals surface area contributed by atoms with Crippen LogP contribution in [-0.4, -0.2) is 19.1 Å². The van der Waals surface area contributed by atoms with Crippen molar-refractivity contribution in [1.29, 1.82) is 15.8 Å². The third-order valence-corrected chi connectivity index (χ3v) is 12.8. The number of benzene rings is 9. The second-order valence-electron chi connectivity index (χ2n) is 16.8. The first kappa shape index (κ1) is 39.7. The number of hydrogen-bond acceptors (Lipinski definition) is 5. The maximum Gasteiger partial charge on any atom is 0.160 e. The van der Waals surface area contributed by atoms with Crippen molar-refractivity contribution >= 4 is 43.6 Å². The Morgan fingerprint density at radius 3 is 1.43 bits per heavy atom. The summed E-state index contributed by atoms with van der Waals surface area (Å²) in [6, 6.07) is 78.7. The van der Waals surface area contributed by atoms with Crippen LogP contribution < -0.4 is 0 Å². The van der Waals surface area contributed by atoms with E-state index in [0.717, 1.165) is 89.0 Å². The number of rotatable bonds is 7. The summed E-state index contributed by atoms with van der Waals surface area (Å²) in [5, 5.41) is 34.3. The lowest BCUT2D eigenvalue weighted by molar-refractivity contribution is 1.16. The Morgan fingerprint density at radius 1 is 0.324 bits per heavy atom. The maximum absolute atomic E-state index is 10.1. The molecule has 0 unspecified atom stereocenters. The van der Waals surface area contributed by atoms with Gasteiger partial charge in [0.1, 0.15) is 0 Å². The fourth-order valence-corrected chi connectivity index (χ4v) is 9.68. The van der Waals surface area contributed by atoms with Crippen molar-refractivity contribution in [2.75, 3.05) is 0 Å². The highest BCUT2D eigenvalue weighted by molar-refractivity contribution is 6.12. The lowest BCUT2D eigenvalue weighted by Crippen LogP contribution is -2.00. The molecule has 0 saturated carbocycles. The molecule has 7 nitrogen and oxygen atoms in total. The molecule has 0 aliphatic rings. The molecule has 68 heavy (non-hydrogen) atoms. The van der Waals surface area contributed by atoms with Crippen molar-refractivity contribution in [2.24, 2.45) is 0 Å². The van der Waals surface area contributed by atoms with Gasteiger partial charge in [0, 0.05) is 49.5 Å². The molecule has 0 aliphatic heterocycles. The highest BCUT2D eigenvalue weighted by Gasteiger charge is 2.21. The molecule has 0 aliphatic carbocycles. The van der Waals surface area contributed by atoms with Gasteiger partial charge in [0.25, 0.3) is 0 Å². The summed E-state index contributed by atoms with van der Waals surface area (Å²) >= 11 is 0. The van der Waals surface area contributed by atoms with Crippen LogP contribution in [0.5, 0.6) is 0 Å². The minimum Gasteiger partial charge on any atom is -0.309 e. The summed E-state index contributed by atoms with van der Waals surface area (Å²) in [4.78, 5) is 10.6. The van der Waals surface area contributed by atoms with Crippen LogP contribution in [0.2, 0.25) is 0 Å². The van der Waals surface area contributed by atoms with Gasteiger partial charge in [0.05, 0.1) is 74.0 Å². The summed E-state index contributed by atoms with van der Waals surface area (Å²) in [6.45, 7) is 0. The zero-order valence-corrected chi connectivity index (χ0v) is 36.3. The van der Waals surface area contributed by atoms with Gasteiger partial charge in [-0.2, -0.15) is 15.8 Å². The van der Waals surface area contributed by atoms with Crippen molar-refractivity contribution < 1.29 is 0 Å². The summed E-state index contributed by atoms with van der Waals surface area (Å²) in [5.41, 5.74) is 15.1. The summed E-state index contributed by atoms with van der Waals surface area (Å²) in [5.74, 6) is 0.611. The van der Waals surface area contributed by atoms with Crippen LogP contribution in [0, 0.1) is 34.0 Å². The first-order chi connectivity index (χ1) is 33.5. The number of aromatic nitrogens is 4. The SMILES string of the molecule is N#Cc1cc(C#N)cc(-c2cc(C#N)ccc2-n2c3ccccc3c3cc(-c4cc(-c5nc(-c6ccccc6)cc(-c6ccccc6)n5)cc(-n5c6ccccc6c6ccccc65)c4)ccc32)c1. The maximum atomic E-state index is 10.1. The molecule has 0 radical (unpaired) electrons. The highest BCUT2D eigenvalue weighted by Crippen LogP contribution is 2.41. The Kier molecular flexibility index (Phi) is 9.51. The molecule has 9 aromatic carbocycles. The molecule has 12 aromatic rings. The number of para-hydroxylation sites is 3. The fourth-order valence-electron chi connectivity index (χ4n) is 9.68. The highest BCUT2D eigenvalue weighted by atomic mass is 15.0. The topological polar surface area (TPSA) is 107 Å². The minimum atomic E-state index is 0.371. The third kappa shape index (κ3) is 6.74. The quantitative estimate of drug-likeness (QED) is 0.159. The van der Waals surface area contributed by atoms with E-state index in [1.165, 1.54) is 10.8 Å². The van der Waals surface area contributed by atoms with E-state index in [0.29, 0.717) is 28.1 Å². The molecule has 3 aromatic heterocycles. The summed E-state index contributed by atoms with van der Waals surface area (Å²) < 4.78 is 4.55. The lowest BCUT2D eigenvalue weighted by Gasteiger charge is -2.16. The smallest absolute Gasteiger partial charge is 0.160 e. The van der Waals surface area contributed by atoms with E-state index < -0.39 is 0 Å². The lowest BCUT2D eigenvalue weighted by atomic mass is 9.97. The predicted octanol–water partition coefficient (Wildman–Crippen LogP) is 14.6. The second kappa shape index (κ2) is 16.3. The van der Waals surface area contributed by atoms with E-state index in [9.17, 15) is 15.8 Å². The summed E-state index contributed by atoms with van der Waals surface area (Å²) in [7, 11) is 0. The van der Waals surface area contributed by atoms with E-state index in [4.69, 9.17) is 9.97 Å². The van der Waals surface area contributed by atoms with Crippen LogP contribution in [-0.2, 0) is 0 Å². The molecule has 0 N–H and O–H groups in total. The zero-order chi connectivity index (χ0) is 45.7. The van der Waals surface area contributed by atoms with Crippen LogP contribution in [0.25, 0.3) is 111 Å². The van der Waals surface area contributed by atoms with E-state index in [2.05, 4.69) is 161 Å². The van der Waals surface area contributed by atoms with Crippen molar-refractivity contribution in [3.05, 3.63) is 229 Å². The third-order valence-electron chi connectivity index (χ3n) is 12.8. The Bertz CT molecular complexity index is 3980. The summed E-state index contributed by atoms with van der Waals surface area (Å²) in [6.07, 6.45) is 0. The number of hydrogen-bond donors (Lipinski definition) is 0. The average Bonchev–Trinajstić information content (AvgIpc) is 3.93. The molecule has 0 spiro atoms. The Balaban J connectivity index is 1.11. The van der Waals surface area contributed by atoms with Crippen LogP contribution in [0.1, 0.15) is 16.7 Å². The Morgan fingerprint density at radius 2 is 0.838 bits per heavy atom. The second-order valence-corrected chi connectivity index (χ2v) is 16.8. The molecule has 0 fully saturated rings. The largest absolute Gasteiger partial charge is 0.309 e. The Labute approximate surface area is 391 Å². The van der Waals surface area contributed by atoms with Crippen molar-refractivity contribution in [3.8, 4) is 85.7 Å². The molecule has 0 saturated heterocycles. The van der Waals surface area contributed by atoms with Gasteiger partial charge in [-0.25, -0.2) is 9.97 Å². The number of fused-ring (bicyclic) bond motifs is 6. The van der Waals surface area contributed by atoms with Gasteiger partial charge in [0.15, 0.2) is 5.82 Å². The van der Waals surface area contributed by atoms with Gasteiger partial charge in [-0.15, -0.1) is 0 Å². The first-order valence-electron chi connectivity index (χ1n) is 22.2. The number of nitrogens with zero attached hydrogens (tertiary/aromatic N) is 7. The molecule has 12 rings (SSSR count). The van der Waals surface area contributed by atoms with E-state index >= 15 is 0 Å². The van der Waals surface area contributed by atoms with Crippen LogP contribution >= 0.6 is 0 Å². The average molecular weight is 866 g/mol. The van der Waals surface area contributed by atoms with Gasteiger partial charge < -0.3 is 9.13 Å². The fraction of sp³-hybridized carbons (Fsp3) is 0. The molecule has 0 atom stereocenters. The first-order valence-corrected chi connectivity index (χ1v) is 22.2. The van der Waals surface area contributed by atoms with Gasteiger partial charge in [0.2, 0.25) is 0 Å². The van der Waals surface area contributed by atoms with Crippen molar-refractivity contribution in [2.45, 2.75) is 0 Å². The molecule has 3 heterocycles. The van der Waals surface area contributed by atoms with Gasteiger partial charge >= 0.3 is 0 Å². The number of nitriles is 3. The minimum absolute atomic E-state index is 0.371. The molecule has 0 amide bonds. The van der Waals surface area contributed by atoms with E-state index in [-0.39, 0.29) is 0 Å². The van der Waals surface area contributed by atoms with Crippen LogP contribution in [0.3, 0.4) is 0 Å². The van der Waals surface area contributed by atoms with Crippen LogP contribution in [0.15, 0.2) is 212 Å².